The van der Waals surface area contributed by atoms with Gasteiger partial charge in [0, 0.05) is 6.92 Å². The first-order valence-electron chi connectivity index (χ1n) is 5.91. The zero-order valence-electron chi connectivity index (χ0n) is 11.6. The van der Waals surface area contributed by atoms with Crippen LogP contribution < -0.4 is 5.56 Å². The Morgan fingerprint density at radius 1 is 1.26 bits per heavy atom. The number of fused-ring (bicyclic) bond motifs is 1. The predicted octanol–water partition coefficient (Wildman–Crippen LogP) is 2.27. The number of para-hydroxylation sites is 2. The van der Waals surface area contributed by atoms with Gasteiger partial charge < -0.3 is 9.72 Å². The second kappa shape index (κ2) is 6.13. The fraction of sp³-hybridized carbons (Fsp3) is 0.357. The van der Waals surface area contributed by atoms with E-state index in [1.165, 1.54) is 13.1 Å². The molecular weight excluding hydrogens is 244 g/mol. The number of rotatable bonds is 0. The molecule has 2 rings (SSSR count). The molecule has 0 aliphatic rings. The number of carbonyl (C=O) groups excluding carboxylic acids is 1. The lowest BCUT2D eigenvalue weighted by Gasteiger charge is -2.17. The number of ether oxygens (including phenoxy) is 1. The van der Waals surface area contributed by atoms with E-state index in [0.29, 0.717) is 0 Å². The maximum absolute atomic E-state index is 10.8. The van der Waals surface area contributed by atoms with E-state index < -0.39 is 0 Å². The summed E-state index contributed by atoms with van der Waals surface area (Å²) in [5.74, 6) is -0.225. The van der Waals surface area contributed by atoms with E-state index in [0.717, 1.165) is 11.0 Å². The van der Waals surface area contributed by atoms with Gasteiger partial charge in [0.2, 0.25) is 0 Å². The van der Waals surface area contributed by atoms with Crippen LogP contribution in [0.2, 0.25) is 0 Å². The minimum atomic E-state index is -0.328. The Hall–Kier alpha value is -2.17. The molecule has 2 aromatic rings. The Morgan fingerprint density at radius 2 is 1.89 bits per heavy atom. The molecule has 1 heterocycles. The van der Waals surface area contributed by atoms with Crippen LogP contribution in [0.3, 0.4) is 0 Å². The predicted molar refractivity (Wildman–Crippen MR) is 73.9 cm³/mol. The molecule has 0 aliphatic heterocycles. The van der Waals surface area contributed by atoms with E-state index >= 15 is 0 Å². The minimum absolute atomic E-state index is 0.163. The Kier molecular flexibility index (Phi) is 4.80. The number of aromatic amines is 1. The van der Waals surface area contributed by atoms with E-state index in [1.54, 1.807) is 0 Å². The lowest BCUT2D eigenvalue weighted by molar-refractivity contribution is -0.151. The highest BCUT2D eigenvalue weighted by atomic mass is 16.6. The number of H-pyrrole nitrogens is 1. The summed E-state index contributed by atoms with van der Waals surface area (Å²) >= 11 is 0. The number of nitrogens with zero attached hydrogens (tertiary/aromatic N) is 1. The molecule has 5 heteroatoms. The summed E-state index contributed by atoms with van der Waals surface area (Å²) in [6.45, 7) is 6.93. The third-order valence-corrected chi connectivity index (χ3v) is 1.93. The molecule has 0 bridgehead atoms. The van der Waals surface area contributed by atoms with Gasteiger partial charge in [0.15, 0.2) is 0 Å². The lowest BCUT2D eigenvalue weighted by atomic mass is 10.2. The molecule has 0 saturated carbocycles. The molecule has 1 N–H and O–H groups in total. The molecule has 102 valence electrons. The summed E-state index contributed by atoms with van der Waals surface area (Å²) in [5, 5.41) is 0. The molecule has 0 aliphatic carbocycles. The van der Waals surface area contributed by atoms with Gasteiger partial charge in [-0.15, -0.1) is 0 Å². The largest absolute Gasteiger partial charge is 0.460 e. The Labute approximate surface area is 111 Å². The smallest absolute Gasteiger partial charge is 0.303 e. The number of hydrogen-bond acceptors (Lipinski definition) is 4. The summed E-state index contributed by atoms with van der Waals surface area (Å²) in [7, 11) is 0. The third kappa shape index (κ3) is 5.81. The van der Waals surface area contributed by atoms with E-state index in [4.69, 9.17) is 4.74 Å². The standard InChI is InChI=1S/C8H6N2O.C6H12O2/c11-8-5-9-6-3-1-2-4-7(6)10-8;1-5(7)8-6(2,3)4/h1-5H,(H,10,11);1-4H3. The van der Waals surface area contributed by atoms with Gasteiger partial charge in [-0.25, -0.2) is 4.98 Å². The van der Waals surface area contributed by atoms with Gasteiger partial charge in [-0.1, -0.05) is 12.1 Å². The van der Waals surface area contributed by atoms with Crippen molar-refractivity contribution in [2.45, 2.75) is 33.3 Å². The van der Waals surface area contributed by atoms with Gasteiger partial charge in [0.1, 0.15) is 5.60 Å². The van der Waals surface area contributed by atoms with Crippen LogP contribution in [0.5, 0.6) is 0 Å². The van der Waals surface area contributed by atoms with Crippen LogP contribution in [-0.4, -0.2) is 21.5 Å². The van der Waals surface area contributed by atoms with E-state index in [9.17, 15) is 9.59 Å². The number of aromatic nitrogens is 2. The van der Waals surface area contributed by atoms with E-state index in [-0.39, 0.29) is 17.1 Å². The van der Waals surface area contributed by atoms with Crippen molar-refractivity contribution in [3.05, 3.63) is 40.8 Å². The fourth-order valence-electron chi connectivity index (χ4n) is 1.42. The summed E-state index contributed by atoms with van der Waals surface area (Å²) in [4.78, 5) is 27.6. The third-order valence-electron chi connectivity index (χ3n) is 1.93. The van der Waals surface area contributed by atoms with Crippen LogP contribution in [0.25, 0.3) is 11.0 Å². The topological polar surface area (TPSA) is 72.1 Å². The van der Waals surface area contributed by atoms with Crippen LogP contribution in [0.4, 0.5) is 0 Å². The van der Waals surface area contributed by atoms with Gasteiger partial charge in [-0.2, -0.15) is 0 Å². The first-order valence-corrected chi connectivity index (χ1v) is 5.91. The molecule has 1 aromatic carbocycles. The number of esters is 1. The maximum Gasteiger partial charge on any atom is 0.303 e. The quantitative estimate of drug-likeness (QED) is 0.739. The van der Waals surface area contributed by atoms with Crippen molar-refractivity contribution in [3.63, 3.8) is 0 Å². The molecule has 1 aromatic heterocycles. The summed E-state index contributed by atoms with van der Waals surface area (Å²) in [5.41, 5.74) is 1.10. The highest BCUT2D eigenvalue weighted by molar-refractivity contribution is 5.72. The fourth-order valence-corrected chi connectivity index (χ4v) is 1.42. The lowest BCUT2D eigenvalue weighted by Crippen LogP contribution is -2.21. The zero-order valence-corrected chi connectivity index (χ0v) is 11.6. The second-order valence-corrected chi connectivity index (χ2v) is 4.97. The van der Waals surface area contributed by atoms with Crippen molar-refractivity contribution < 1.29 is 9.53 Å². The molecule has 0 unspecified atom stereocenters. The Bertz CT molecular complexity index is 612. The Balaban J connectivity index is 0.000000203. The van der Waals surface area contributed by atoms with Crippen LogP contribution in [-0.2, 0) is 9.53 Å². The first kappa shape index (κ1) is 14.9. The highest BCUT2D eigenvalue weighted by Gasteiger charge is 2.11. The van der Waals surface area contributed by atoms with Gasteiger partial charge in [-0.05, 0) is 32.9 Å². The molecule has 0 spiro atoms. The maximum atomic E-state index is 10.8. The van der Waals surface area contributed by atoms with Crippen molar-refractivity contribution in [1.29, 1.82) is 0 Å². The number of carbonyl (C=O) groups is 1. The number of nitrogens with one attached hydrogen (secondary N) is 1. The van der Waals surface area contributed by atoms with Crippen LogP contribution in [0, 0.1) is 0 Å². The molecule has 0 radical (unpaired) electrons. The minimum Gasteiger partial charge on any atom is -0.460 e. The molecule has 0 saturated heterocycles. The van der Waals surface area contributed by atoms with Crippen LogP contribution in [0.15, 0.2) is 35.3 Å². The van der Waals surface area contributed by atoms with Crippen LogP contribution in [0.1, 0.15) is 27.7 Å². The summed E-state index contributed by atoms with van der Waals surface area (Å²) < 4.78 is 4.80. The molecule has 19 heavy (non-hydrogen) atoms. The Morgan fingerprint density at radius 3 is 2.42 bits per heavy atom. The molecule has 0 fully saturated rings. The first-order chi connectivity index (χ1) is 8.78. The van der Waals surface area contributed by atoms with Gasteiger partial charge in [0.05, 0.1) is 17.2 Å². The second-order valence-electron chi connectivity index (χ2n) is 4.97. The monoisotopic (exact) mass is 262 g/mol. The van der Waals surface area contributed by atoms with E-state index in [2.05, 4.69) is 9.97 Å². The molecular formula is C14H18N2O3. The molecule has 0 amide bonds. The summed E-state index contributed by atoms with van der Waals surface area (Å²) in [6, 6.07) is 7.42. The van der Waals surface area contributed by atoms with Crippen LogP contribution >= 0.6 is 0 Å². The van der Waals surface area contributed by atoms with Gasteiger partial charge in [0.25, 0.3) is 5.56 Å². The number of benzene rings is 1. The molecule has 5 nitrogen and oxygen atoms in total. The normalized spacial score (nSPS) is 10.5. The summed E-state index contributed by atoms with van der Waals surface area (Å²) in [6.07, 6.45) is 1.28. The van der Waals surface area contributed by atoms with Crippen molar-refractivity contribution in [3.8, 4) is 0 Å². The highest BCUT2D eigenvalue weighted by Crippen LogP contribution is 2.05. The number of hydrogen-bond donors (Lipinski definition) is 1. The average molecular weight is 262 g/mol. The van der Waals surface area contributed by atoms with Gasteiger partial charge >= 0.3 is 5.97 Å². The van der Waals surface area contributed by atoms with Crippen molar-refractivity contribution in [1.82, 2.24) is 9.97 Å². The van der Waals surface area contributed by atoms with Crippen molar-refractivity contribution in [2.75, 3.05) is 0 Å². The van der Waals surface area contributed by atoms with E-state index in [1.807, 2.05) is 45.0 Å². The van der Waals surface area contributed by atoms with Crippen molar-refractivity contribution in [2.24, 2.45) is 0 Å². The molecule has 0 atom stereocenters. The average Bonchev–Trinajstić information content (AvgIpc) is 2.26. The zero-order chi connectivity index (χ0) is 14.5. The van der Waals surface area contributed by atoms with Crippen molar-refractivity contribution >= 4 is 17.0 Å². The van der Waals surface area contributed by atoms with Gasteiger partial charge in [-0.3, -0.25) is 9.59 Å². The SMILES string of the molecule is CC(=O)OC(C)(C)C.O=c1cnc2ccccc2[nH]1.